The summed E-state index contributed by atoms with van der Waals surface area (Å²) in [6, 6.07) is 4.69. The molecule has 0 N–H and O–H groups in total. The van der Waals surface area contributed by atoms with E-state index in [0.29, 0.717) is 40.7 Å². The molecule has 2 aliphatic carbocycles. The van der Waals surface area contributed by atoms with Crippen LogP contribution in [0.2, 0.25) is 0 Å². The van der Waals surface area contributed by atoms with Crippen LogP contribution in [0.1, 0.15) is 97.6 Å². The Morgan fingerprint density at radius 1 is 1.00 bits per heavy atom. The van der Waals surface area contributed by atoms with Crippen molar-refractivity contribution < 1.29 is 33.3 Å². The van der Waals surface area contributed by atoms with Crippen molar-refractivity contribution in [1.29, 1.82) is 0 Å². The van der Waals surface area contributed by atoms with E-state index in [2.05, 4.69) is 6.08 Å². The van der Waals surface area contributed by atoms with Crippen molar-refractivity contribution in [1.82, 2.24) is 14.9 Å². The summed E-state index contributed by atoms with van der Waals surface area (Å²) in [6.07, 6.45) is 11.4. The third-order valence-corrected chi connectivity index (χ3v) is 10.2. The second-order valence-corrected chi connectivity index (χ2v) is 14.7. The molecule has 254 valence electrons. The summed E-state index contributed by atoms with van der Waals surface area (Å²) < 4.78 is 24.0. The van der Waals surface area contributed by atoms with Crippen molar-refractivity contribution in [2.24, 2.45) is 23.7 Å². The number of ether oxygens (including phenoxy) is 4. The molecule has 0 radical (unpaired) electrons. The van der Waals surface area contributed by atoms with Gasteiger partial charge < -0.3 is 23.8 Å². The lowest BCUT2D eigenvalue weighted by Gasteiger charge is -2.33. The first-order valence-electron chi connectivity index (χ1n) is 17.5. The molecule has 2 bridgehead atoms. The van der Waals surface area contributed by atoms with Gasteiger partial charge in [0.25, 0.3) is 0 Å². The van der Waals surface area contributed by atoms with Crippen LogP contribution < -0.4 is 9.47 Å². The van der Waals surface area contributed by atoms with E-state index >= 15 is 0 Å². The largest absolute Gasteiger partial charge is 0.497 e. The van der Waals surface area contributed by atoms with Gasteiger partial charge in [0.2, 0.25) is 11.8 Å². The molecule has 0 spiro atoms. The third kappa shape index (κ3) is 7.57. The molecule has 6 rings (SSSR count). The number of carbonyl (C=O) groups is 3. The zero-order chi connectivity index (χ0) is 33.3. The van der Waals surface area contributed by atoms with E-state index in [9.17, 15) is 14.4 Å². The van der Waals surface area contributed by atoms with Gasteiger partial charge in [-0.2, -0.15) is 0 Å². The van der Waals surface area contributed by atoms with E-state index in [-0.39, 0.29) is 42.8 Å². The molecule has 10 heteroatoms. The third-order valence-electron chi connectivity index (χ3n) is 10.2. The number of rotatable bonds is 4. The van der Waals surface area contributed by atoms with Gasteiger partial charge in [0, 0.05) is 12.0 Å². The van der Waals surface area contributed by atoms with E-state index in [4.69, 9.17) is 28.9 Å². The number of allylic oxidation sites excluding steroid dienone is 1. The van der Waals surface area contributed by atoms with Gasteiger partial charge in [-0.3, -0.25) is 9.59 Å². The van der Waals surface area contributed by atoms with Crippen LogP contribution in [0.15, 0.2) is 24.3 Å². The molecule has 4 aliphatic rings. The van der Waals surface area contributed by atoms with Gasteiger partial charge in [-0.1, -0.05) is 25.8 Å². The minimum absolute atomic E-state index is 0.0252. The van der Waals surface area contributed by atoms with Crippen molar-refractivity contribution in [3.63, 3.8) is 0 Å². The Morgan fingerprint density at radius 2 is 1.77 bits per heavy atom. The number of methoxy groups -OCH3 is 1. The van der Waals surface area contributed by atoms with Crippen LogP contribution in [0, 0.1) is 23.7 Å². The van der Waals surface area contributed by atoms with E-state index in [0.717, 1.165) is 51.4 Å². The number of amides is 1. The zero-order valence-corrected chi connectivity index (χ0v) is 28.4. The van der Waals surface area contributed by atoms with Crippen LogP contribution >= 0.6 is 0 Å². The Morgan fingerprint density at radius 3 is 2.49 bits per heavy atom. The average molecular weight is 648 g/mol. The number of aromatic nitrogens is 2. The van der Waals surface area contributed by atoms with Crippen LogP contribution in [-0.2, 0) is 23.9 Å². The van der Waals surface area contributed by atoms with Gasteiger partial charge in [-0.15, -0.1) is 0 Å². The Labute approximate surface area is 277 Å². The highest BCUT2D eigenvalue weighted by atomic mass is 16.6. The molecular weight excluding hydrogens is 598 g/mol. The van der Waals surface area contributed by atoms with Crippen molar-refractivity contribution in [2.45, 2.75) is 116 Å². The Kier molecular flexibility index (Phi) is 9.76. The highest BCUT2D eigenvalue weighted by Gasteiger charge is 2.52. The summed E-state index contributed by atoms with van der Waals surface area (Å²) in [5.41, 5.74) is 1.19. The van der Waals surface area contributed by atoms with Gasteiger partial charge in [0.15, 0.2) is 0 Å². The molecule has 3 fully saturated rings. The quantitative estimate of drug-likeness (QED) is 0.353. The fourth-order valence-electron chi connectivity index (χ4n) is 7.66. The van der Waals surface area contributed by atoms with Crippen molar-refractivity contribution >= 4 is 35.0 Å². The Hall–Kier alpha value is -3.69. The normalized spacial score (nSPS) is 29.6. The van der Waals surface area contributed by atoms with Crippen LogP contribution in [0.4, 0.5) is 0 Å². The number of nitrogens with zero attached hydrogens (tertiary/aromatic N) is 3. The van der Waals surface area contributed by atoms with Crippen LogP contribution in [0.3, 0.4) is 0 Å². The van der Waals surface area contributed by atoms with Gasteiger partial charge in [-0.05, 0) is 95.8 Å². The van der Waals surface area contributed by atoms with Gasteiger partial charge in [-0.25, -0.2) is 14.8 Å². The molecule has 2 aromatic rings. The smallest absolute Gasteiger partial charge is 0.329 e. The standard InChI is InChI=1S/C37H49N3O7/c1-6-25-31-21-40(33(25)36(43)47-37(2,3)4)35(42)26(22-12-10-11-13-22)20-32(41)45-30-18-23(30)14-8-7-9-15-28-34(46-31)39-29-19-24(44-5)16-17-27(29)38-28/h9,15-17,19,22-23,25-26,30-31,33H,6-8,10-14,18,20-21H2,1-5H3/b15-9+/t23-,25-,26+,30-,31+,33+/m1/s1. The summed E-state index contributed by atoms with van der Waals surface area (Å²) in [5, 5.41) is 0. The lowest BCUT2D eigenvalue weighted by molar-refractivity contribution is -0.166. The summed E-state index contributed by atoms with van der Waals surface area (Å²) in [7, 11) is 1.61. The topological polar surface area (TPSA) is 117 Å². The van der Waals surface area contributed by atoms with Crippen molar-refractivity contribution in [2.75, 3.05) is 13.7 Å². The molecule has 1 aromatic heterocycles. The van der Waals surface area contributed by atoms with Gasteiger partial charge >= 0.3 is 11.9 Å². The maximum atomic E-state index is 14.7. The molecular formula is C37H49N3O7. The van der Waals surface area contributed by atoms with Gasteiger partial charge in [0.05, 0.1) is 37.0 Å². The number of carbonyl (C=O) groups excluding carboxylic acids is 3. The van der Waals surface area contributed by atoms with Gasteiger partial charge in [0.1, 0.15) is 35.3 Å². The maximum Gasteiger partial charge on any atom is 0.329 e. The van der Waals surface area contributed by atoms with E-state index in [1.165, 1.54) is 0 Å². The van der Waals surface area contributed by atoms with Crippen molar-refractivity contribution in [3.8, 4) is 11.6 Å². The molecule has 6 atom stereocenters. The molecule has 47 heavy (non-hydrogen) atoms. The minimum Gasteiger partial charge on any atom is -0.497 e. The molecule has 2 aliphatic heterocycles. The first-order valence-corrected chi connectivity index (χ1v) is 17.5. The molecule has 1 saturated heterocycles. The lowest BCUT2D eigenvalue weighted by atomic mass is 9.86. The summed E-state index contributed by atoms with van der Waals surface area (Å²) in [4.78, 5) is 53.3. The van der Waals surface area contributed by atoms with Crippen LogP contribution in [-0.4, -0.2) is 70.2 Å². The van der Waals surface area contributed by atoms with E-state index in [1.807, 2.05) is 52.0 Å². The second-order valence-electron chi connectivity index (χ2n) is 14.7. The summed E-state index contributed by atoms with van der Waals surface area (Å²) in [5.74, 6) is -0.477. The minimum atomic E-state index is -0.862. The van der Waals surface area contributed by atoms with E-state index < -0.39 is 29.6 Å². The zero-order valence-electron chi connectivity index (χ0n) is 28.4. The highest BCUT2D eigenvalue weighted by Crippen LogP contribution is 2.42. The predicted octanol–water partition coefficient (Wildman–Crippen LogP) is 6.29. The number of benzene rings is 1. The Bertz CT molecular complexity index is 1510. The molecule has 2 saturated carbocycles. The predicted molar refractivity (Wildman–Crippen MR) is 177 cm³/mol. The fourth-order valence-corrected chi connectivity index (χ4v) is 7.66. The van der Waals surface area contributed by atoms with Crippen molar-refractivity contribution in [3.05, 3.63) is 30.0 Å². The molecule has 0 unspecified atom stereocenters. The van der Waals surface area contributed by atoms with E-state index in [1.54, 1.807) is 12.0 Å². The number of hydrogen-bond acceptors (Lipinski definition) is 9. The van der Waals surface area contributed by atoms with Crippen LogP contribution in [0.25, 0.3) is 17.1 Å². The molecule has 3 heterocycles. The molecule has 1 amide bonds. The number of hydrogen-bond donors (Lipinski definition) is 0. The summed E-state index contributed by atoms with van der Waals surface area (Å²) in [6.45, 7) is 7.65. The molecule has 10 nitrogen and oxygen atoms in total. The lowest BCUT2D eigenvalue weighted by Crippen LogP contribution is -2.49. The first kappa shape index (κ1) is 33.2. The monoisotopic (exact) mass is 647 g/mol. The average Bonchev–Trinajstić information content (AvgIpc) is 3.37. The second kappa shape index (κ2) is 13.8. The van der Waals surface area contributed by atoms with Crippen LogP contribution in [0.5, 0.6) is 11.6 Å². The highest BCUT2D eigenvalue weighted by molar-refractivity contribution is 5.89. The Balaban J connectivity index is 1.41. The number of esters is 2. The summed E-state index contributed by atoms with van der Waals surface area (Å²) >= 11 is 0. The first-order chi connectivity index (χ1) is 22.5. The molecule has 1 aromatic carbocycles. The maximum absolute atomic E-state index is 14.7. The number of fused-ring (bicyclic) bond motifs is 5. The SMILES string of the molecule is CC[C@@H]1[C@@H]2CN(C(=O)[C@H](C3CCCC3)CC(=O)O[C@@H]3C[C@H]3CCC/C=C/c3nc4ccc(OC)cc4nc3O2)[C@@H]1C(=O)OC(C)(C)C. The fraction of sp³-hybridized carbons (Fsp3) is 0.649.